The van der Waals surface area contributed by atoms with Crippen LogP contribution in [0.1, 0.15) is 51.4 Å². The van der Waals surface area contributed by atoms with Crippen molar-refractivity contribution in [1.82, 2.24) is 10.6 Å². The second-order valence-electron chi connectivity index (χ2n) is 5.88. The van der Waals surface area contributed by atoms with Crippen molar-refractivity contribution in [1.29, 1.82) is 0 Å². The average Bonchev–Trinajstić information content (AvgIpc) is 2.42. The van der Waals surface area contributed by atoms with Crippen LogP contribution in [0.5, 0.6) is 0 Å². The van der Waals surface area contributed by atoms with Gasteiger partial charge in [-0.25, -0.2) is 0 Å². The lowest BCUT2D eigenvalue weighted by atomic mass is 9.71. The summed E-state index contributed by atoms with van der Waals surface area (Å²) in [5, 5.41) is 14.8. The molecule has 112 valence electrons. The number of piperidine rings is 1. The highest BCUT2D eigenvalue weighted by atomic mass is 16.4. The van der Waals surface area contributed by atoms with E-state index in [2.05, 4.69) is 10.6 Å². The first-order valence-corrected chi connectivity index (χ1v) is 7.34. The molecule has 0 aromatic rings. The highest BCUT2D eigenvalue weighted by molar-refractivity contribution is 5.90. The van der Waals surface area contributed by atoms with Crippen molar-refractivity contribution < 1.29 is 19.5 Å². The lowest BCUT2D eigenvalue weighted by Gasteiger charge is -2.33. The van der Waals surface area contributed by atoms with E-state index in [9.17, 15) is 19.5 Å². The number of carboxylic acids is 1. The van der Waals surface area contributed by atoms with Gasteiger partial charge >= 0.3 is 5.97 Å². The molecular formula is C14H22N2O4. The molecule has 6 heteroatoms. The zero-order valence-corrected chi connectivity index (χ0v) is 11.6. The molecule has 1 atom stereocenters. The number of carbonyl (C=O) groups is 3. The Labute approximate surface area is 118 Å². The maximum Gasteiger partial charge on any atom is 0.310 e. The van der Waals surface area contributed by atoms with Gasteiger partial charge in [0.25, 0.3) is 0 Å². The molecule has 2 rings (SSSR count). The quantitative estimate of drug-likeness (QED) is 0.711. The Morgan fingerprint density at radius 1 is 1.25 bits per heavy atom. The molecule has 0 spiro atoms. The van der Waals surface area contributed by atoms with E-state index < -0.39 is 17.4 Å². The van der Waals surface area contributed by atoms with Crippen LogP contribution in [-0.4, -0.2) is 35.5 Å². The Kier molecular flexibility index (Phi) is 4.62. The number of rotatable bonds is 4. The number of nitrogens with one attached hydrogen (secondary N) is 2. The lowest BCUT2D eigenvalue weighted by Crippen LogP contribution is -2.51. The summed E-state index contributed by atoms with van der Waals surface area (Å²) in [7, 11) is 0. The van der Waals surface area contributed by atoms with Crippen molar-refractivity contribution in [3.05, 3.63) is 0 Å². The topological polar surface area (TPSA) is 95.5 Å². The molecule has 2 aliphatic rings. The Hall–Kier alpha value is -1.59. The van der Waals surface area contributed by atoms with Crippen LogP contribution in [0.4, 0.5) is 0 Å². The van der Waals surface area contributed by atoms with Crippen LogP contribution in [0.25, 0.3) is 0 Å². The maximum atomic E-state index is 12.1. The van der Waals surface area contributed by atoms with Crippen molar-refractivity contribution >= 4 is 17.8 Å². The van der Waals surface area contributed by atoms with E-state index in [0.29, 0.717) is 25.8 Å². The number of amides is 2. The van der Waals surface area contributed by atoms with E-state index in [0.717, 1.165) is 25.7 Å². The highest BCUT2D eigenvalue weighted by Gasteiger charge is 2.42. The molecule has 0 aromatic carbocycles. The van der Waals surface area contributed by atoms with Crippen molar-refractivity contribution in [3.63, 3.8) is 0 Å². The molecule has 2 fully saturated rings. The van der Waals surface area contributed by atoms with Crippen molar-refractivity contribution in [2.24, 2.45) is 5.41 Å². The highest BCUT2D eigenvalue weighted by Crippen LogP contribution is 2.39. The molecule has 6 nitrogen and oxygen atoms in total. The third-order valence-corrected chi connectivity index (χ3v) is 4.38. The van der Waals surface area contributed by atoms with Gasteiger partial charge in [-0.3, -0.25) is 14.4 Å². The predicted molar refractivity (Wildman–Crippen MR) is 71.9 cm³/mol. The number of hydrogen-bond acceptors (Lipinski definition) is 3. The van der Waals surface area contributed by atoms with Gasteiger partial charge in [-0.1, -0.05) is 19.3 Å². The second-order valence-corrected chi connectivity index (χ2v) is 5.88. The van der Waals surface area contributed by atoms with Crippen LogP contribution < -0.4 is 10.6 Å². The Bertz CT molecular complexity index is 402. The third kappa shape index (κ3) is 3.29. The summed E-state index contributed by atoms with van der Waals surface area (Å²) in [4.78, 5) is 35.2. The Morgan fingerprint density at radius 2 is 1.95 bits per heavy atom. The second kappa shape index (κ2) is 6.24. The van der Waals surface area contributed by atoms with Crippen molar-refractivity contribution in [3.8, 4) is 0 Å². The molecule has 0 radical (unpaired) electrons. The molecule has 3 N–H and O–H groups in total. The minimum Gasteiger partial charge on any atom is -0.481 e. The van der Waals surface area contributed by atoms with Crippen LogP contribution in [0.3, 0.4) is 0 Å². The monoisotopic (exact) mass is 282 g/mol. The molecule has 2 amide bonds. The van der Waals surface area contributed by atoms with Crippen LogP contribution in [-0.2, 0) is 14.4 Å². The molecule has 20 heavy (non-hydrogen) atoms. The van der Waals surface area contributed by atoms with Gasteiger partial charge in [0.15, 0.2) is 0 Å². The third-order valence-electron chi connectivity index (χ3n) is 4.38. The standard InChI is InChI=1S/C14H22N2O4/c17-11(16-10-5-4-8-15-12(10)18)9-14(13(19)20)6-2-1-3-7-14/h10H,1-9H2,(H,15,18)(H,16,17)(H,19,20). The summed E-state index contributed by atoms with van der Waals surface area (Å²) >= 11 is 0. The zero-order chi connectivity index (χ0) is 14.6. The van der Waals surface area contributed by atoms with E-state index in [1.165, 1.54) is 0 Å². The van der Waals surface area contributed by atoms with Gasteiger partial charge in [-0.05, 0) is 25.7 Å². The van der Waals surface area contributed by atoms with Gasteiger partial charge in [-0.2, -0.15) is 0 Å². The smallest absolute Gasteiger partial charge is 0.310 e. The fourth-order valence-corrected chi connectivity index (χ4v) is 3.16. The number of hydrogen-bond donors (Lipinski definition) is 3. The molecule has 1 heterocycles. The molecule has 1 saturated heterocycles. The van der Waals surface area contributed by atoms with Crippen molar-refractivity contribution in [2.75, 3.05) is 6.54 Å². The largest absolute Gasteiger partial charge is 0.481 e. The van der Waals surface area contributed by atoms with Gasteiger partial charge in [0.1, 0.15) is 6.04 Å². The first-order valence-electron chi connectivity index (χ1n) is 7.34. The Morgan fingerprint density at radius 3 is 2.55 bits per heavy atom. The zero-order valence-electron chi connectivity index (χ0n) is 11.6. The maximum absolute atomic E-state index is 12.1. The summed E-state index contributed by atoms with van der Waals surface area (Å²) in [5.74, 6) is -1.38. The van der Waals surface area contributed by atoms with E-state index in [1.54, 1.807) is 0 Å². The first kappa shape index (κ1) is 14.8. The van der Waals surface area contributed by atoms with Gasteiger partial charge in [0, 0.05) is 13.0 Å². The molecule has 1 aliphatic heterocycles. The Balaban J connectivity index is 1.94. The van der Waals surface area contributed by atoms with Gasteiger partial charge < -0.3 is 15.7 Å². The van der Waals surface area contributed by atoms with Crippen molar-refractivity contribution in [2.45, 2.75) is 57.4 Å². The minimum absolute atomic E-state index is 0.0217. The summed E-state index contributed by atoms with van der Waals surface area (Å²) in [6, 6.07) is -0.509. The molecule has 1 unspecified atom stereocenters. The predicted octanol–water partition coefficient (Wildman–Crippen LogP) is 0.806. The van der Waals surface area contributed by atoms with Gasteiger partial charge in [-0.15, -0.1) is 0 Å². The van der Waals surface area contributed by atoms with Gasteiger partial charge in [0.2, 0.25) is 11.8 Å². The SMILES string of the molecule is O=C(CC1(C(=O)O)CCCCC1)NC1CCCNC1=O. The average molecular weight is 282 g/mol. The number of carboxylic acid groups (broad SMARTS) is 1. The molecule has 1 saturated carbocycles. The van der Waals surface area contributed by atoms with Crippen LogP contribution in [0.15, 0.2) is 0 Å². The lowest BCUT2D eigenvalue weighted by molar-refractivity contribution is -0.154. The molecule has 0 bridgehead atoms. The molecular weight excluding hydrogens is 260 g/mol. The number of carbonyl (C=O) groups excluding carboxylic acids is 2. The van der Waals surface area contributed by atoms with E-state index in [-0.39, 0.29) is 18.2 Å². The van der Waals surface area contributed by atoms with Crippen LogP contribution in [0.2, 0.25) is 0 Å². The normalized spacial score (nSPS) is 25.6. The minimum atomic E-state index is -0.937. The van der Waals surface area contributed by atoms with E-state index >= 15 is 0 Å². The summed E-state index contributed by atoms with van der Waals surface area (Å²) < 4.78 is 0. The summed E-state index contributed by atoms with van der Waals surface area (Å²) in [5.41, 5.74) is -0.937. The fourth-order valence-electron chi connectivity index (χ4n) is 3.16. The van der Waals surface area contributed by atoms with Crippen LogP contribution in [0, 0.1) is 5.41 Å². The first-order chi connectivity index (χ1) is 9.53. The molecule has 1 aliphatic carbocycles. The summed E-state index contributed by atoms with van der Waals surface area (Å²) in [6.45, 7) is 0.643. The fraction of sp³-hybridized carbons (Fsp3) is 0.786. The van der Waals surface area contributed by atoms with E-state index in [4.69, 9.17) is 0 Å². The summed E-state index contributed by atoms with van der Waals surface area (Å²) in [6.07, 6.45) is 5.26. The number of aliphatic carboxylic acids is 1. The van der Waals surface area contributed by atoms with Crippen LogP contribution >= 0.6 is 0 Å². The van der Waals surface area contributed by atoms with E-state index in [1.807, 2.05) is 0 Å². The molecule has 0 aromatic heterocycles. The van der Waals surface area contributed by atoms with Gasteiger partial charge in [0.05, 0.1) is 5.41 Å².